The Balaban J connectivity index is 1.92. The van der Waals surface area contributed by atoms with E-state index in [0.29, 0.717) is 33.9 Å². The molecule has 3 N–H and O–H groups in total. The zero-order valence-electron chi connectivity index (χ0n) is 16.5. The number of methoxy groups -OCH3 is 1. The lowest BCUT2D eigenvalue weighted by Gasteiger charge is -2.41. The SMILES string of the molecule is COC1(c2ccccc2C=O)c2ccc(O)cc2Oc2c1ccc1c2C(N)=CCC1. The van der Waals surface area contributed by atoms with Crippen molar-refractivity contribution in [3.8, 4) is 17.2 Å². The Morgan fingerprint density at radius 1 is 1.10 bits per heavy atom. The average molecular weight is 399 g/mol. The van der Waals surface area contributed by atoms with Gasteiger partial charge in [-0.2, -0.15) is 0 Å². The van der Waals surface area contributed by atoms with Gasteiger partial charge in [-0.15, -0.1) is 0 Å². The number of nitrogens with two attached hydrogens (primary N) is 1. The summed E-state index contributed by atoms with van der Waals surface area (Å²) in [6, 6.07) is 16.3. The number of ether oxygens (including phenoxy) is 2. The molecule has 0 aromatic heterocycles. The van der Waals surface area contributed by atoms with E-state index < -0.39 is 5.60 Å². The normalized spacial score (nSPS) is 19.0. The van der Waals surface area contributed by atoms with Gasteiger partial charge in [0, 0.05) is 46.7 Å². The van der Waals surface area contributed by atoms with Crippen LogP contribution < -0.4 is 10.5 Å². The van der Waals surface area contributed by atoms with Crippen molar-refractivity contribution < 1.29 is 19.4 Å². The second kappa shape index (κ2) is 6.75. The minimum atomic E-state index is -1.10. The second-order valence-electron chi connectivity index (χ2n) is 7.55. The third-order valence-electron chi connectivity index (χ3n) is 6.02. The number of hydrogen-bond acceptors (Lipinski definition) is 5. The van der Waals surface area contributed by atoms with Crippen molar-refractivity contribution in [2.45, 2.75) is 18.4 Å². The monoisotopic (exact) mass is 399 g/mol. The van der Waals surface area contributed by atoms with E-state index in [0.717, 1.165) is 35.8 Å². The molecule has 5 nitrogen and oxygen atoms in total. The molecular formula is C25H21NO4. The van der Waals surface area contributed by atoms with Gasteiger partial charge < -0.3 is 20.3 Å². The Hall–Kier alpha value is -3.57. The van der Waals surface area contributed by atoms with Gasteiger partial charge in [-0.1, -0.05) is 42.5 Å². The minimum absolute atomic E-state index is 0.0826. The first-order valence-electron chi connectivity index (χ1n) is 9.83. The first-order chi connectivity index (χ1) is 14.6. The summed E-state index contributed by atoms with van der Waals surface area (Å²) in [5.74, 6) is 1.15. The highest BCUT2D eigenvalue weighted by Crippen LogP contribution is 2.55. The average Bonchev–Trinajstić information content (AvgIpc) is 2.77. The number of fused-ring (bicyclic) bond motifs is 4. The third-order valence-corrected chi connectivity index (χ3v) is 6.02. The number of carbonyl (C=O) groups excluding carboxylic acids is 1. The lowest BCUT2D eigenvalue weighted by Crippen LogP contribution is -2.36. The molecule has 2 aliphatic rings. The summed E-state index contributed by atoms with van der Waals surface area (Å²) in [5.41, 5.74) is 10.6. The van der Waals surface area contributed by atoms with Crippen LogP contribution in [0.4, 0.5) is 0 Å². The van der Waals surface area contributed by atoms with E-state index in [9.17, 15) is 9.90 Å². The number of carbonyl (C=O) groups is 1. The number of hydrogen-bond donors (Lipinski definition) is 2. The topological polar surface area (TPSA) is 81.8 Å². The maximum atomic E-state index is 11.9. The van der Waals surface area contributed by atoms with Gasteiger partial charge in [0.2, 0.25) is 0 Å². The molecule has 1 unspecified atom stereocenters. The van der Waals surface area contributed by atoms with Crippen LogP contribution in [0.25, 0.3) is 5.70 Å². The minimum Gasteiger partial charge on any atom is -0.508 e. The van der Waals surface area contributed by atoms with E-state index in [-0.39, 0.29) is 5.75 Å². The summed E-state index contributed by atoms with van der Waals surface area (Å²) in [6.45, 7) is 0. The summed E-state index contributed by atoms with van der Waals surface area (Å²) in [7, 11) is 1.62. The quantitative estimate of drug-likeness (QED) is 0.634. The predicted octanol–water partition coefficient (Wildman–Crippen LogP) is 4.49. The van der Waals surface area contributed by atoms with Gasteiger partial charge >= 0.3 is 0 Å². The third kappa shape index (κ3) is 2.42. The van der Waals surface area contributed by atoms with Crippen LogP contribution in [0, 0.1) is 0 Å². The summed E-state index contributed by atoms with van der Waals surface area (Å²) in [6.07, 6.45) is 4.57. The first kappa shape index (κ1) is 18.5. The number of benzene rings is 3. The maximum Gasteiger partial charge on any atom is 0.151 e. The molecule has 30 heavy (non-hydrogen) atoms. The molecule has 1 heterocycles. The number of aldehydes is 1. The smallest absolute Gasteiger partial charge is 0.151 e. The highest BCUT2D eigenvalue weighted by Gasteiger charge is 2.47. The summed E-state index contributed by atoms with van der Waals surface area (Å²) in [4.78, 5) is 11.9. The number of aryl methyl sites for hydroxylation is 1. The second-order valence-corrected chi connectivity index (χ2v) is 7.55. The van der Waals surface area contributed by atoms with E-state index in [1.165, 1.54) is 0 Å². The lowest BCUT2D eigenvalue weighted by molar-refractivity contribution is 0.0490. The Morgan fingerprint density at radius 3 is 2.70 bits per heavy atom. The van der Waals surface area contributed by atoms with E-state index in [4.69, 9.17) is 15.2 Å². The van der Waals surface area contributed by atoms with Gasteiger partial charge in [-0.3, -0.25) is 4.79 Å². The number of rotatable bonds is 3. The Labute approximate surface area is 174 Å². The molecule has 0 fully saturated rings. The molecule has 0 spiro atoms. The molecule has 0 saturated carbocycles. The molecule has 3 aromatic rings. The van der Waals surface area contributed by atoms with Crippen molar-refractivity contribution in [2.75, 3.05) is 7.11 Å². The molecule has 5 heteroatoms. The van der Waals surface area contributed by atoms with E-state index in [1.807, 2.05) is 30.3 Å². The summed E-state index contributed by atoms with van der Waals surface area (Å²) in [5, 5.41) is 10.1. The Bertz CT molecular complexity index is 1210. The van der Waals surface area contributed by atoms with Gasteiger partial charge in [0.15, 0.2) is 5.60 Å². The highest BCUT2D eigenvalue weighted by molar-refractivity contribution is 5.82. The number of allylic oxidation sites excluding steroid dienone is 1. The van der Waals surface area contributed by atoms with Gasteiger partial charge in [0.1, 0.15) is 23.5 Å². The van der Waals surface area contributed by atoms with Gasteiger partial charge in [-0.05, 0) is 30.5 Å². The molecule has 0 amide bonds. The van der Waals surface area contributed by atoms with Crippen molar-refractivity contribution in [2.24, 2.45) is 5.73 Å². The molecule has 5 rings (SSSR count). The fraction of sp³-hybridized carbons (Fsp3) is 0.160. The largest absolute Gasteiger partial charge is 0.508 e. The molecule has 150 valence electrons. The fourth-order valence-electron chi connectivity index (χ4n) is 4.70. The van der Waals surface area contributed by atoms with E-state index >= 15 is 0 Å². The Kier molecular flexibility index (Phi) is 4.15. The standard InChI is InChI=1S/C25H21NO4/c1-29-25(18-7-3-2-5-16(18)14-27)19-12-10-17(28)13-22(19)30-24-20(25)11-9-15-6-4-8-21(26)23(15)24/h2-3,5,7-14,28H,4,6,26H2,1H3. The summed E-state index contributed by atoms with van der Waals surface area (Å²) >= 11 is 0. The molecule has 1 atom stereocenters. The zero-order valence-corrected chi connectivity index (χ0v) is 16.5. The summed E-state index contributed by atoms with van der Waals surface area (Å²) < 4.78 is 12.6. The van der Waals surface area contributed by atoms with Gasteiger partial charge in [0.05, 0.1) is 0 Å². The molecule has 0 bridgehead atoms. The van der Waals surface area contributed by atoms with Crippen molar-refractivity contribution in [3.05, 3.63) is 94.1 Å². The van der Waals surface area contributed by atoms with Crippen LogP contribution in [-0.2, 0) is 16.8 Å². The number of phenols is 1. The molecule has 0 saturated heterocycles. The Morgan fingerprint density at radius 2 is 1.90 bits per heavy atom. The highest BCUT2D eigenvalue weighted by atomic mass is 16.5. The molecule has 3 aromatic carbocycles. The van der Waals surface area contributed by atoms with E-state index in [2.05, 4.69) is 6.07 Å². The van der Waals surface area contributed by atoms with Crippen LogP contribution in [0.2, 0.25) is 0 Å². The van der Waals surface area contributed by atoms with Crippen LogP contribution >= 0.6 is 0 Å². The number of phenolic OH excluding ortho intramolecular Hbond substituents is 1. The van der Waals surface area contributed by atoms with Crippen LogP contribution in [0.15, 0.2) is 60.7 Å². The molecule has 1 aliphatic carbocycles. The van der Waals surface area contributed by atoms with Crippen molar-refractivity contribution in [1.29, 1.82) is 0 Å². The number of aromatic hydroxyl groups is 1. The first-order valence-corrected chi connectivity index (χ1v) is 9.83. The van der Waals surface area contributed by atoms with Crippen molar-refractivity contribution >= 4 is 12.0 Å². The molecule has 1 aliphatic heterocycles. The van der Waals surface area contributed by atoms with E-state index in [1.54, 1.807) is 31.4 Å². The lowest BCUT2D eigenvalue weighted by atomic mass is 9.74. The van der Waals surface area contributed by atoms with Crippen LogP contribution in [0.1, 0.15) is 44.6 Å². The van der Waals surface area contributed by atoms with Crippen molar-refractivity contribution in [3.63, 3.8) is 0 Å². The molecule has 0 radical (unpaired) electrons. The van der Waals surface area contributed by atoms with Crippen LogP contribution in [0.3, 0.4) is 0 Å². The molecular weight excluding hydrogens is 378 g/mol. The zero-order chi connectivity index (χ0) is 20.9. The van der Waals surface area contributed by atoms with Crippen LogP contribution in [0.5, 0.6) is 17.2 Å². The van der Waals surface area contributed by atoms with Crippen LogP contribution in [-0.4, -0.2) is 18.5 Å². The van der Waals surface area contributed by atoms with Gasteiger partial charge in [-0.25, -0.2) is 0 Å². The predicted molar refractivity (Wildman–Crippen MR) is 114 cm³/mol. The maximum absolute atomic E-state index is 11.9. The van der Waals surface area contributed by atoms with Gasteiger partial charge in [0.25, 0.3) is 0 Å². The fourth-order valence-corrected chi connectivity index (χ4v) is 4.70. The van der Waals surface area contributed by atoms with Crippen molar-refractivity contribution in [1.82, 2.24) is 0 Å².